The second kappa shape index (κ2) is 12.1. The molecule has 0 heterocycles. The molecule has 4 aliphatic carbocycles. The first-order valence-electron chi connectivity index (χ1n) is 15.3. The van der Waals surface area contributed by atoms with Crippen LogP contribution in [0.5, 0.6) is 0 Å². The molecule has 0 N–H and O–H groups in total. The Bertz CT molecular complexity index is 675. The molecule has 4 fully saturated rings. The average molecular weight is 535 g/mol. The molecule has 0 saturated heterocycles. The summed E-state index contributed by atoms with van der Waals surface area (Å²) < 4.78 is 0. The Morgan fingerprint density at radius 1 is 0.500 bits per heavy atom. The molecule has 0 aromatic rings. The molecular formula is C32H54O2S2. The molecule has 4 aliphatic rings. The van der Waals surface area contributed by atoms with Crippen LogP contribution in [0.3, 0.4) is 0 Å². The zero-order valence-electron chi connectivity index (χ0n) is 24.2. The van der Waals surface area contributed by atoms with Gasteiger partial charge in [-0.3, -0.25) is 9.59 Å². The van der Waals surface area contributed by atoms with Gasteiger partial charge in [0.2, 0.25) is 0 Å². The number of rotatable bonds is 7. The Morgan fingerprint density at radius 2 is 0.778 bits per heavy atom. The van der Waals surface area contributed by atoms with Crippen molar-refractivity contribution in [2.24, 2.45) is 46.3 Å². The van der Waals surface area contributed by atoms with E-state index in [1.807, 2.05) is 0 Å². The summed E-state index contributed by atoms with van der Waals surface area (Å²) in [7, 11) is 0. The minimum absolute atomic E-state index is 0.219. The van der Waals surface area contributed by atoms with E-state index in [2.05, 4.69) is 41.5 Å². The molecular weight excluding hydrogens is 480 g/mol. The number of carbonyl (C=O) groups is 2. The Balaban J connectivity index is 1.38. The van der Waals surface area contributed by atoms with Crippen LogP contribution in [0.2, 0.25) is 0 Å². The van der Waals surface area contributed by atoms with Gasteiger partial charge in [-0.05, 0) is 85.9 Å². The van der Waals surface area contributed by atoms with Crippen molar-refractivity contribution in [1.29, 1.82) is 0 Å². The average Bonchev–Trinajstić information content (AvgIpc) is 2.70. The summed E-state index contributed by atoms with van der Waals surface area (Å²) >= 11 is 3.23. The molecule has 2 unspecified atom stereocenters. The van der Waals surface area contributed by atoms with Crippen molar-refractivity contribution in [2.75, 3.05) is 0 Å². The van der Waals surface area contributed by atoms with E-state index >= 15 is 0 Å². The van der Waals surface area contributed by atoms with Crippen LogP contribution in [0.25, 0.3) is 0 Å². The smallest absolute Gasteiger partial charge is 0.193 e. The van der Waals surface area contributed by atoms with Crippen LogP contribution in [-0.2, 0) is 9.59 Å². The summed E-state index contributed by atoms with van der Waals surface area (Å²) in [5.74, 6) is 3.30. The molecule has 0 amide bonds. The fraction of sp³-hybridized carbons (Fsp3) is 0.938. The van der Waals surface area contributed by atoms with E-state index in [0.717, 1.165) is 23.7 Å². The van der Waals surface area contributed by atoms with Gasteiger partial charge >= 0.3 is 0 Å². The molecule has 0 aliphatic heterocycles. The predicted molar refractivity (Wildman–Crippen MR) is 157 cm³/mol. The van der Waals surface area contributed by atoms with Crippen LogP contribution in [0.4, 0.5) is 0 Å². The highest BCUT2D eigenvalue weighted by molar-refractivity contribution is 8.14. The summed E-state index contributed by atoms with van der Waals surface area (Å²) in [6, 6.07) is 0. The fourth-order valence-electron chi connectivity index (χ4n) is 7.63. The van der Waals surface area contributed by atoms with Crippen molar-refractivity contribution in [3.8, 4) is 0 Å². The molecule has 4 saturated carbocycles. The van der Waals surface area contributed by atoms with Gasteiger partial charge in [0.1, 0.15) is 0 Å². The third kappa shape index (κ3) is 7.16. The van der Waals surface area contributed by atoms with Gasteiger partial charge in [0.25, 0.3) is 0 Å². The first-order chi connectivity index (χ1) is 16.9. The van der Waals surface area contributed by atoms with Gasteiger partial charge in [-0.15, -0.1) is 0 Å². The highest BCUT2D eigenvalue weighted by atomic mass is 32.2. The van der Waals surface area contributed by atoms with Crippen LogP contribution in [-0.4, -0.2) is 20.7 Å². The normalized spacial score (nSPS) is 32.3. The zero-order valence-corrected chi connectivity index (χ0v) is 25.8. The van der Waals surface area contributed by atoms with Gasteiger partial charge in [0, 0.05) is 22.3 Å². The maximum absolute atomic E-state index is 14.0. The molecule has 4 rings (SSSR count). The van der Waals surface area contributed by atoms with Gasteiger partial charge in [0.15, 0.2) is 10.2 Å². The Morgan fingerprint density at radius 3 is 1.00 bits per heavy atom. The van der Waals surface area contributed by atoms with Gasteiger partial charge in [0.05, 0.1) is 0 Å². The van der Waals surface area contributed by atoms with Crippen LogP contribution < -0.4 is 0 Å². The molecule has 206 valence electrons. The van der Waals surface area contributed by atoms with E-state index in [1.165, 1.54) is 89.9 Å². The number of carbonyl (C=O) groups excluding carboxylic acids is 2. The third-order valence-corrected chi connectivity index (χ3v) is 12.9. The molecule has 0 radical (unpaired) electrons. The Kier molecular flexibility index (Phi) is 9.72. The monoisotopic (exact) mass is 534 g/mol. The van der Waals surface area contributed by atoms with Gasteiger partial charge in [-0.1, -0.05) is 104 Å². The van der Waals surface area contributed by atoms with E-state index in [1.54, 1.807) is 23.5 Å². The summed E-state index contributed by atoms with van der Waals surface area (Å²) in [5.41, 5.74) is -0.438. The standard InChI is InChI=1S/C32H54O2S2/c1-31(2,3)27(29(33)35-25-17-13-23(14-18-25)21-9-7-10-21)28(32(4,5)6)30(34)36-26-19-15-24(16-20-26)22-11-8-12-22/h21-28H,7-20H2,1-6H3. The van der Waals surface area contributed by atoms with Gasteiger partial charge in [-0.2, -0.15) is 0 Å². The highest BCUT2D eigenvalue weighted by Crippen LogP contribution is 2.50. The first kappa shape index (κ1) is 29.0. The van der Waals surface area contributed by atoms with Crippen molar-refractivity contribution in [2.45, 2.75) is 142 Å². The van der Waals surface area contributed by atoms with Crippen molar-refractivity contribution >= 4 is 33.8 Å². The molecule has 2 atom stereocenters. The zero-order chi connectivity index (χ0) is 26.1. The Labute approximate surface area is 231 Å². The number of hydrogen-bond acceptors (Lipinski definition) is 4. The van der Waals surface area contributed by atoms with Crippen LogP contribution >= 0.6 is 23.5 Å². The molecule has 0 aromatic heterocycles. The minimum atomic E-state index is -0.224. The van der Waals surface area contributed by atoms with Crippen molar-refractivity contribution < 1.29 is 9.59 Å². The molecule has 0 bridgehead atoms. The topological polar surface area (TPSA) is 34.1 Å². The second-order valence-corrected chi connectivity index (χ2v) is 17.6. The van der Waals surface area contributed by atoms with Gasteiger partial charge < -0.3 is 0 Å². The van der Waals surface area contributed by atoms with Crippen molar-refractivity contribution in [1.82, 2.24) is 0 Å². The largest absolute Gasteiger partial charge is 0.287 e. The lowest BCUT2D eigenvalue weighted by Crippen LogP contribution is -2.44. The van der Waals surface area contributed by atoms with E-state index in [0.29, 0.717) is 10.5 Å². The van der Waals surface area contributed by atoms with E-state index in [-0.39, 0.29) is 32.9 Å². The van der Waals surface area contributed by atoms with E-state index in [9.17, 15) is 9.59 Å². The summed E-state index contributed by atoms with van der Waals surface area (Å²) in [6.45, 7) is 13.1. The molecule has 2 nitrogen and oxygen atoms in total. The maximum atomic E-state index is 14.0. The molecule has 36 heavy (non-hydrogen) atoms. The quantitative estimate of drug-likeness (QED) is 0.326. The van der Waals surface area contributed by atoms with E-state index < -0.39 is 0 Å². The molecule has 0 spiro atoms. The van der Waals surface area contributed by atoms with Crippen LogP contribution in [0, 0.1) is 46.3 Å². The SMILES string of the molecule is CC(C)(C)C(C(=O)SC1CCC(C2CCC2)CC1)C(C(=O)SC1CCC(C2CCC2)CC1)C(C)(C)C. The lowest BCUT2D eigenvalue weighted by Gasteiger charge is -2.43. The summed E-state index contributed by atoms with van der Waals surface area (Å²) in [5, 5.41) is 1.47. The van der Waals surface area contributed by atoms with Crippen molar-refractivity contribution in [3.63, 3.8) is 0 Å². The summed E-state index contributed by atoms with van der Waals surface area (Å²) in [6.07, 6.45) is 18.5. The predicted octanol–water partition coefficient (Wildman–Crippen LogP) is 9.55. The fourth-order valence-corrected chi connectivity index (χ4v) is 10.6. The first-order valence-corrected chi connectivity index (χ1v) is 17.1. The maximum Gasteiger partial charge on any atom is 0.193 e. The highest BCUT2D eigenvalue weighted by Gasteiger charge is 2.48. The van der Waals surface area contributed by atoms with Crippen molar-refractivity contribution in [3.05, 3.63) is 0 Å². The number of hydrogen-bond donors (Lipinski definition) is 0. The number of thioether (sulfide) groups is 2. The second-order valence-electron chi connectivity index (χ2n) is 15.0. The van der Waals surface area contributed by atoms with Crippen LogP contribution in [0.1, 0.15) is 131 Å². The third-order valence-electron chi connectivity index (χ3n) is 10.3. The summed E-state index contributed by atoms with van der Waals surface area (Å²) in [4.78, 5) is 28.0. The minimum Gasteiger partial charge on any atom is -0.287 e. The van der Waals surface area contributed by atoms with Gasteiger partial charge in [-0.25, -0.2) is 0 Å². The van der Waals surface area contributed by atoms with E-state index in [4.69, 9.17) is 0 Å². The van der Waals surface area contributed by atoms with Crippen LogP contribution in [0.15, 0.2) is 0 Å². The molecule has 0 aromatic carbocycles. The lowest BCUT2D eigenvalue weighted by molar-refractivity contribution is -0.131. The lowest BCUT2D eigenvalue weighted by atomic mass is 9.65. The molecule has 4 heteroatoms. The Hall–Kier alpha value is 0.0400.